The number of fused-ring (bicyclic) bond motifs is 1. The molecule has 1 unspecified atom stereocenters. The molecular formula is C26H23NO6. The highest BCUT2D eigenvalue weighted by Gasteiger charge is 2.48. The summed E-state index contributed by atoms with van der Waals surface area (Å²) in [6.07, 6.45) is 0.851. The van der Waals surface area contributed by atoms with Gasteiger partial charge in [0.05, 0.1) is 5.57 Å². The van der Waals surface area contributed by atoms with E-state index in [0.29, 0.717) is 47.5 Å². The molecule has 33 heavy (non-hydrogen) atoms. The second kappa shape index (κ2) is 8.16. The fourth-order valence-corrected chi connectivity index (χ4v) is 4.21. The third kappa shape index (κ3) is 3.55. The maximum absolute atomic E-state index is 13.2. The molecule has 0 saturated carbocycles. The number of carbonyl (C=O) groups excluding carboxylic acids is 2. The van der Waals surface area contributed by atoms with Gasteiger partial charge in [0, 0.05) is 11.3 Å². The number of hydrogen-bond donors (Lipinski definition) is 1. The van der Waals surface area contributed by atoms with Crippen molar-refractivity contribution in [3.63, 3.8) is 0 Å². The molecule has 1 N–H and O–H groups in total. The van der Waals surface area contributed by atoms with Gasteiger partial charge in [-0.15, -0.1) is 0 Å². The first kappa shape index (κ1) is 20.9. The van der Waals surface area contributed by atoms with E-state index in [-0.39, 0.29) is 11.3 Å². The molecule has 7 nitrogen and oxygen atoms in total. The van der Waals surface area contributed by atoms with Gasteiger partial charge in [-0.1, -0.05) is 19.1 Å². The maximum Gasteiger partial charge on any atom is 0.300 e. The van der Waals surface area contributed by atoms with Crippen LogP contribution in [0.15, 0.2) is 64.6 Å². The van der Waals surface area contributed by atoms with Gasteiger partial charge in [0.15, 0.2) is 11.5 Å². The predicted molar refractivity (Wildman–Crippen MR) is 121 cm³/mol. The molecule has 0 radical (unpaired) electrons. The van der Waals surface area contributed by atoms with E-state index in [1.807, 2.05) is 19.1 Å². The number of ether oxygens (including phenoxy) is 2. The number of amides is 1. The van der Waals surface area contributed by atoms with Crippen molar-refractivity contribution in [2.45, 2.75) is 26.3 Å². The molecule has 3 heterocycles. The van der Waals surface area contributed by atoms with Crippen LogP contribution < -0.4 is 14.4 Å². The number of hydrogen-bond acceptors (Lipinski definition) is 6. The zero-order valence-corrected chi connectivity index (χ0v) is 18.3. The topological polar surface area (TPSA) is 89.2 Å². The molecule has 1 atom stereocenters. The summed E-state index contributed by atoms with van der Waals surface area (Å²) in [6, 6.07) is 14.9. The minimum Gasteiger partial charge on any atom is -0.507 e. The molecule has 2 aliphatic rings. The van der Waals surface area contributed by atoms with Crippen molar-refractivity contribution in [3.8, 4) is 11.5 Å². The van der Waals surface area contributed by atoms with Crippen molar-refractivity contribution in [1.82, 2.24) is 0 Å². The Balaban J connectivity index is 1.66. The first-order chi connectivity index (χ1) is 16.0. The summed E-state index contributed by atoms with van der Waals surface area (Å²) < 4.78 is 17.0. The molecule has 2 aromatic carbocycles. The number of aliphatic hydroxyl groups excluding tert-OH is 1. The summed E-state index contributed by atoms with van der Waals surface area (Å²) in [5.74, 6) is 0.268. The fourth-order valence-electron chi connectivity index (χ4n) is 4.21. The summed E-state index contributed by atoms with van der Waals surface area (Å²) in [4.78, 5) is 27.8. The maximum atomic E-state index is 13.2. The van der Waals surface area contributed by atoms with Gasteiger partial charge in [0.2, 0.25) is 0 Å². The van der Waals surface area contributed by atoms with Gasteiger partial charge in [-0.25, -0.2) is 0 Å². The van der Waals surface area contributed by atoms with Crippen molar-refractivity contribution in [2.75, 3.05) is 18.1 Å². The van der Waals surface area contributed by atoms with Crippen molar-refractivity contribution in [3.05, 3.63) is 82.8 Å². The van der Waals surface area contributed by atoms with Crippen LogP contribution in [0.5, 0.6) is 11.5 Å². The molecule has 1 aromatic heterocycles. The van der Waals surface area contributed by atoms with Crippen molar-refractivity contribution in [1.29, 1.82) is 0 Å². The van der Waals surface area contributed by atoms with Crippen LogP contribution in [-0.2, 0) is 16.0 Å². The zero-order chi connectivity index (χ0) is 23.1. The molecule has 168 valence electrons. The van der Waals surface area contributed by atoms with Crippen LogP contribution in [0.2, 0.25) is 0 Å². The van der Waals surface area contributed by atoms with Crippen LogP contribution in [0.4, 0.5) is 5.69 Å². The lowest BCUT2D eigenvalue weighted by atomic mass is 9.98. The Hall–Kier alpha value is -4.00. The molecule has 0 spiro atoms. The summed E-state index contributed by atoms with van der Waals surface area (Å²) in [5, 5.41) is 11.2. The van der Waals surface area contributed by atoms with Gasteiger partial charge in [0.1, 0.15) is 36.5 Å². The normalized spacial score (nSPS) is 19.2. The SMILES string of the molecule is CCc1ccc(N2C(=O)C(=O)/C(=C(\O)c3ccc4c(c3)OCCO4)C2c2ccc(C)o2)cc1. The Morgan fingerprint density at radius 3 is 2.39 bits per heavy atom. The Labute approximate surface area is 190 Å². The molecule has 1 amide bonds. The van der Waals surface area contributed by atoms with Gasteiger partial charge >= 0.3 is 0 Å². The Bertz CT molecular complexity index is 1270. The Morgan fingerprint density at radius 1 is 1.00 bits per heavy atom. The highest BCUT2D eigenvalue weighted by atomic mass is 16.6. The van der Waals surface area contributed by atoms with Crippen LogP contribution in [0.25, 0.3) is 5.76 Å². The third-order valence-electron chi connectivity index (χ3n) is 5.91. The quantitative estimate of drug-likeness (QED) is 0.360. The monoisotopic (exact) mass is 445 g/mol. The van der Waals surface area contributed by atoms with E-state index in [4.69, 9.17) is 13.9 Å². The number of Topliss-reactive ketones (excluding diaryl/α,β-unsaturated/α-hetero) is 1. The van der Waals surface area contributed by atoms with Crippen LogP contribution in [-0.4, -0.2) is 30.0 Å². The van der Waals surface area contributed by atoms with E-state index in [1.54, 1.807) is 49.4 Å². The molecule has 2 aliphatic heterocycles. The Kier molecular flexibility index (Phi) is 5.17. The van der Waals surface area contributed by atoms with Gasteiger partial charge in [-0.2, -0.15) is 0 Å². The highest BCUT2D eigenvalue weighted by molar-refractivity contribution is 6.51. The van der Waals surface area contributed by atoms with Crippen LogP contribution in [0.3, 0.4) is 0 Å². The molecule has 7 heteroatoms. The van der Waals surface area contributed by atoms with Crippen molar-refractivity contribution >= 4 is 23.1 Å². The molecule has 1 fully saturated rings. The van der Waals surface area contributed by atoms with Gasteiger partial charge < -0.3 is 19.0 Å². The lowest BCUT2D eigenvalue weighted by Crippen LogP contribution is -2.29. The molecule has 0 bridgehead atoms. The minimum absolute atomic E-state index is 0.0365. The molecular weight excluding hydrogens is 422 g/mol. The Morgan fingerprint density at radius 2 is 1.73 bits per heavy atom. The molecule has 3 aromatic rings. The first-order valence-electron chi connectivity index (χ1n) is 10.8. The van der Waals surface area contributed by atoms with E-state index in [1.165, 1.54) is 4.90 Å². The number of aliphatic hydroxyl groups is 1. The number of aryl methyl sites for hydroxylation is 2. The first-order valence-corrected chi connectivity index (χ1v) is 10.8. The predicted octanol–water partition coefficient (Wildman–Crippen LogP) is 4.55. The lowest BCUT2D eigenvalue weighted by molar-refractivity contribution is -0.132. The minimum atomic E-state index is -0.903. The number of benzene rings is 2. The summed E-state index contributed by atoms with van der Waals surface area (Å²) in [7, 11) is 0. The van der Waals surface area contributed by atoms with Gasteiger partial charge in [-0.05, 0) is 61.4 Å². The summed E-state index contributed by atoms with van der Waals surface area (Å²) in [5.41, 5.74) is 1.98. The molecule has 5 rings (SSSR count). The van der Waals surface area contributed by atoms with Crippen LogP contribution in [0, 0.1) is 6.92 Å². The average Bonchev–Trinajstić information content (AvgIpc) is 3.39. The molecule has 0 aliphatic carbocycles. The van der Waals surface area contributed by atoms with Gasteiger partial charge in [0.25, 0.3) is 11.7 Å². The van der Waals surface area contributed by atoms with Crippen molar-refractivity contribution in [2.24, 2.45) is 0 Å². The average molecular weight is 445 g/mol. The van der Waals surface area contributed by atoms with Crippen molar-refractivity contribution < 1.29 is 28.6 Å². The standard InChI is InChI=1S/C26H23NO6/c1-3-16-5-8-18(9-6-16)27-23(20-10-4-15(2)33-20)22(25(29)26(27)30)24(28)17-7-11-19-21(14-17)32-13-12-31-19/h4-11,14,23,28H,3,12-13H2,1-2H3/b24-22-. The van der Waals surface area contributed by atoms with E-state index in [2.05, 4.69) is 0 Å². The van der Waals surface area contributed by atoms with Crippen LogP contribution in [0.1, 0.15) is 35.6 Å². The lowest BCUT2D eigenvalue weighted by Gasteiger charge is -2.24. The largest absolute Gasteiger partial charge is 0.507 e. The zero-order valence-electron chi connectivity index (χ0n) is 18.3. The number of nitrogens with zero attached hydrogens (tertiary/aromatic N) is 1. The highest BCUT2D eigenvalue weighted by Crippen LogP contribution is 2.43. The summed E-state index contributed by atoms with van der Waals surface area (Å²) in [6.45, 7) is 4.66. The van der Waals surface area contributed by atoms with Gasteiger partial charge in [-0.3, -0.25) is 14.5 Å². The van der Waals surface area contributed by atoms with Crippen LogP contribution >= 0.6 is 0 Å². The van der Waals surface area contributed by atoms with E-state index in [0.717, 1.165) is 12.0 Å². The number of ketones is 1. The molecule has 1 saturated heterocycles. The summed E-state index contributed by atoms with van der Waals surface area (Å²) >= 11 is 0. The number of carbonyl (C=O) groups is 2. The number of furan rings is 1. The van der Waals surface area contributed by atoms with E-state index >= 15 is 0 Å². The smallest absolute Gasteiger partial charge is 0.300 e. The number of anilines is 1. The fraction of sp³-hybridized carbons (Fsp3) is 0.231. The third-order valence-corrected chi connectivity index (χ3v) is 5.91. The second-order valence-electron chi connectivity index (χ2n) is 8.00. The van der Waals surface area contributed by atoms with E-state index < -0.39 is 17.7 Å². The second-order valence-corrected chi connectivity index (χ2v) is 8.00. The van der Waals surface area contributed by atoms with E-state index in [9.17, 15) is 14.7 Å². The number of rotatable bonds is 4.